The van der Waals surface area contributed by atoms with Gasteiger partial charge < -0.3 is 5.73 Å². The summed E-state index contributed by atoms with van der Waals surface area (Å²) in [4.78, 5) is 3.95. The number of aromatic nitrogens is 3. The Balaban J connectivity index is 2.95. The zero-order valence-electron chi connectivity index (χ0n) is 5.23. The lowest BCUT2D eigenvalue weighted by atomic mass is 10.4. The maximum atomic E-state index is 5.58. The third kappa shape index (κ3) is 0.556. The first-order valence-corrected chi connectivity index (χ1v) is 2.92. The molecule has 2 aromatic rings. The molecule has 0 aliphatic heterocycles. The molecule has 0 aliphatic carbocycles. The normalized spacial score (nSPS) is 10.4. The minimum atomic E-state index is 0.653. The van der Waals surface area contributed by atoms with Gasteiger partial charge in [-0.2, -0.15) is 5.10 Å². The van der Waals surface area contributed by atoms with E-state index in [1.807, 2.05) is 6.07 Å². The van der Waals surface area contributed by atoms with Gasteiger partial charge in [-0.25, -0.2) is 9.50 Å². The van der Waals surface area contributed by atoms with Crippen LogP contribution < -0.4 is 5.73 Å². The molecule has 2 N–H and O–H groups in total. The molecular weight excluding hydrogens is 128 g/mol. The Morgan fingerprint density at radius 3 is 3.20 bits per heavy atom. The van der Waals surface area contributed by atoms with Gasteiger partial charge in [-0.3, -0.25) is 0 Å². The number of pyridine rings is 1. The fraction of sp³-hybridized carbons (Fsp3) is 0. The molecule has 2 aromatic heterocycles. The van der Waals surface area contributed by atoms with Gasteiger partial charge in [-0.05, 0) is 12.1 Å². The molecule has 0 amide bonds. The van der Waals surface area contributed by atoms with Crippen LogP contribution in [0, 0.1) is 0 Å². The molecule has 4 heteroatoms. The van der Waals surface area contributed by atoms with Gasteiger partial charge in [0.2, 0.25) is 0 Å². The van der Waals surface area contributed by atoms with E-state index in [0.29, 0.717) is 11.3 Å². The second-order valence-electron chi connectivity index (χ2n) is 1.99. The fourth-order valence-electron chi connectivity index (χ4n) is 0.869. The lowest BCUT2D eigenvalue weighted by molar-refractivity contribution is 0.962. The third-order valence-corrected chi connectivity index (χ3v) is 1.33. The zero-order valence-corrected chi connectivity index (χ0v) is 5.23. The number of fused-ring (bicyclic) bond motifs is 1. The molecule has 0 bridgehead atoms. The first-order valence-electron chi connectivity index (χ1n) is 2.92. The smallest absolute Gasteiger partial charge is 0.178 e. The molecule has 4 nitrogen and oxygen atoms in total. The Hall–Kier alpha value is -1.58. The highest BCUT2D eigenvalue weighted by atomic mass is 15.3. The molecule has 0 aromatic carbocycles. The summed E-state index contributed by atoms with van der Waals surface area (Å²) in [6.45, 7) is 0. The van der Waals surface area contributed by atoms with Crippen molar-refractivity contribution in [2.24, 2.45) is 0 Å². The van der Waals surface area contributed by atoms with E-state index < -0.39 is 0 Å². The topological polar surface area (TPSA) is 56.2 Å². The van der Waals surface area contributed by atoms with Gasteiger partial charge in [-0.15, -0.1) is 0 Å². The molecule has 0 fully saturated rings. The zero-order chi connectivity index (χ0) is 6.97. The van der Waals surface area contributed by atoms with Crippen LogP contribution in [0.15, 0.2) is 24.7 Å². The second-order valence-corrected chi connectivity index (χ2v) is 1.99. The Morgan fingerprint density at radius 1 is 1.50 bits per heavy atom. The fourth-order valence-corrected chi connectivity index (χ4v) is 0.869. The number of hydrogen-bond acceptors (Lipinski definition) is 3. The van der Waals surface area contributed by atoms with Crippen molar-refractivity contribution in [2.75, 3.05) is 5.73 Å². The summed E-state index contributed by atoms with van der Waals surface area (Å²) in [5, 5.41) is 3.91. The molecule has 0 aliphatic rings. The van der Waals surface area contributed by atoms with Crippen molar-refractivity contribution in [3.8, 4) is 0 Å². The maximum absolute atomic E-state index is 5.58. The highest BCUT2D eigenvalue weighted by molar-refractivity contribution is 5.62. The van der Waals surface area contributed by atoms with E-state index in [4.69, 9.17) is 5.73 Å². The molecule has 2 rings (SSSR count). The Bertz CT molecular complexity index is 351. The van der Waals surface area contributed by atoms with Crippen LogP contribution in [0.5, 0.6) is 0 Å². The van der Waals surface area contributed by atoms with Crippen molar-refractivity contribution in [1.29, 1.82) is 0 Å². The molecule has 10 heavy (non-hydrogen) atoms. The average Bonchev–Trinajstić information content (AvgIpc) is 2.36. The van der Waals surface area contributed by atoms with Crippen LogP contribution in [0.2, 0.25) is 0 Å². The molecule has 2 heterocycles. The predicted octanol–water partition coefficient (Wildman–Crippen LogP) is 0.312. The number of hydrogen-bond donors (Lipinski definition) is 1. The van der Waals surface area contributed by atoms with Crippen molar-refractivity contribution in [3.63, 3.8) is 0 Å². The van der Waals surface area contributed by atoms with Gasteiger partial charge >= 0.3 is 0 Å². The standard InChI is InChI=1S/C6H6N4/c7-5-2-1-3-10-6(5)8-4-9-10/h1-4H,7H2. The molecule has 0 saturated heterocycles. The van der Waals surface area contributed by atoms with E-state index in [2.05, 4.69) is 10.1 Å². The third-order valence-electron chi connectivity index (χ3n) is 1.33. The van der Waals surface area contributed by atoms with E-state index >= 15 is 0 Å². The van der Waals surface area contributed by atoms with Crippen LogP contribution in [-0.4, -0.2) is 14.6 Å². The first-order chi connectivity index (χ1) is 4.88. The number of nitrogens with zero attached hydrogens (tertiary/aromatic N) is 3. The number of nitrogen functional groups attached to an aromatic ring is 1. The van der Waals surface area contributed by atoms with Crippen LogP contribution in [0.25, 0.3) is 5.65 Å². The minimum Gasteiger partial charge on any atom is -0.396 e. The van der Waals surface area contributed by atoms with Crippen molar-refractivity contribution in [2.45, 2.75) is 0 Å². The summed E-state index contributed by atoms with van der Waals surface area (Å²) in [5.74, 6) is 0. The molecular formula is C6H6N4. The first kappa shape index (κ1) is 5.22. The van der Waals surface area contributed by atoms with Crippen LogP contribution in [0.4, 0.5) is 5.69 Å². The monoisotopic (exact) mass is 134 g/mol. The summed E-state index contributed by atoms with van der Waals surface area (Å²) in [5.41, 5.74) is 6.94. The Morgan fingerprint density at radius 2 is 2.40 bits per heavy atom. The molecule has 0 spiro atoms. The van der Waals surface area contributed by atoms with Crippen LogP contribution in [0.1, 0.15) is 0 Å². The Labute approximate surface area is 57.3 Å². The number of rotatable bonds is 0. The van der Waals surface area contributed by atoms with Crippen molar-refractivity contribution in [1.82, 2.24) is 14.6 Å². The van der Waals surface area contributed by atoms with E-state index in [9.17, 15) is 0 Å². The van der Waals surface area contributed by atoms with Gasteiger partial charge in [0.15, 0.2) is 5.65 Å². The van der Waals surface area contributed by atoms with Gasteiger partial charge in [0.1, 0.15) is 6.33 Å². The lowest BCUT2D eigenvalue weighted by Crippen LogP contribution is -1.91. The summed E-state index contributed by atoms with van der Waals surface area (Å²) in [6, 6.07) is 3.63. The largest absolute Gasteiger partial charge is 0.396 e. The van der Waals surface area contributed by atoms with Crippen LogP contribution in [0.3, 0.4) is 0 Å². The number of nitrogens with two attached hydrogens (primary N) is 1. The summed E-state index contributed by atoms with van der Waals surface area (Å²) >= 11 is 0. The second kappa shape index (κ2) is 1.70. The predicted molar refractivity (Wildman–Crippen MR) is 37.4 cm³/mol. The summed E-state index contributed by atoms with van der Waals surface area (Å²) in [7, 11) is 0. The van der Waals surface area contributed by atoms with Gasteiger partial charge in [0.25, 0.3) is 0 Å². The highest BCUT2D eigenvalue weighted by Gasteiger charge is 1.95. The summed E-state index contributed by atoms with van der Waals surface area (Å²) < 4.78 is 1.63. The van der Waals surface area contributed by atoms with Crippen molar-refractivity contribution in [3.05, 3.63) is 24.7 Å². The van der Waals surface area contributed by atoms with Gasteiger partial charge in [0, 0.05) is 6.20 Å². The average molecular weight is 134 g/mol. The molecule has 0 atom stereocenters. The Kier molecular flexibility index (Phi) is 0.887. The molecule has 0 saturated carbocycles. The van der Waals surface area contributed by atoms with E-state index in [-0.39, 0.29) is 0 Å². The van der Waals surface area contributed by atoms with Crippen molar-refractivity contribution < 1.29 is 0 Å². The van der Waals surface area contributed by atoms with Crippen molar-refractivity contribution >= 4 is 11.3 Å². The highest BCUT2D eigenvalue weighted by Crippen LogP contribution is 2.06. The van der Waals surface area contributed by atoms with Crippen LogP contribution in [-0.2, 0) is 0 Å². The molecule has 0 radical (unpaired) electrons. The molecule has 50 valence electrons. The van der Waals surface area contributed by atoms with Gasteiger partial charge in [-0.1, -0.05) is 0 Å². The van der Waals surface area contributed by atoms with E-state index in [1.54, 1.807) is 16.8 Å². The van der Waals surface area contributed by atoms with Gasteiger partial charge in [0.05, 0.1) is 5.69 Å². The van der Waals surface area contributed by atoms with Crippen LogP contribution >= 0.6 is 0 Å². The SMILES string of the molecule is Nc1cccn2ncnc12. The lowest BCUT2D eigenvalue weighted by Gasteiger charge is -1.92. The maximum Gasteiger partial charge on any atom is 0.178 e. The summed E-state index contributed by atoms with van der Waals surface area (Å²) in [6.07, 6.45) is 3.28. The molecule has 0 unspecified atom stereocenters. The number of anilines is 1. The van der Waals surface area contributed by atoms with E-state index in [1.165, 1.54) is 6.33 Å². The van der Waals surface area contributed by atoms with E-state index in [0.717, 1.165) is 0 Å². The quantitative estimate of drug-likeness (QED) is 0.564. The minimum absolute atomic E-state index is 0.653.